The fourth-order valence-electron chi connectivity index (χ4n) is 2.51. The topological polar surface area (TPSA) is 99.7 Å². The van der Waals surface area contributed by atoms with E-state index in [0.29, 0.717) is 6.54 Å². The van der Waals surface area contributed by atoms with Crippen LogP contribution >= 0.6 is 0 Å². The minimum Gasteiger partial charge on any atom is -0.444 e. The van der Waals surface area contributed by atoms with Crippen molar-refractivity contribution in [1.82, 2.24) is 16.1 Å². The second kappa shape index (κ2) is 13.6. The SMILES string of the molecule is C.CC(C)(C)OC(=O)NC[C@H](NCc1ccc(C#CC#Cc2ccccc2)cc1)C(=O)NO. The predicted octanol–water partition coefficient (Wildman–Crippen LogP) is 3.21. The minimum absolute atomic E-state index is 0. The van der Waals surface area contributed by atoms with Gasteiger partial charge in [0.2, 0.25) is 0 Å². The van der Waals surface area contributed by atoms with Crippen molar-refractivity contribution in [1.29, 1.82) is 0 Å². The van der Waals surface area contributed by atoms with Crippen LogP contribution in [0.2, 0.25) is 0 Å². The molecule has 0 saturated heterocycles. The van der Waals surface area contributed by atoms with E-state index in [1.807, 2.05) is 54.6 Å². The van der Waals surface area contributed by atoms with Crippen molar-refractivity contribution >= 4 is 12.0 Å². The summed E-state index contributed by atoms with van der Waals surface area (Å²) in [6.07, 6.45) is -0.645. The molecule has 0 aliphatic heterocycles. The molecule has 2 aromatic rings. The van der Waals surface area contributed by atoms with Gasteiger partial charge in [-0.25, -0.2) is 10.3 Å². The van der Waals surface area contributed by atoms with Gasteiger partial charge in [-0.3, -0.25) is 10.0 Å². The lowest BCUT2D eigenvalue weighted by Crippen LogP contribution is -2.50. The molecule has 0 saturated carbocycles. The van der Waals surface area contributed by atoms with Crippen molar-refractivity contribution in [2.24, 2.45) is 0 Å². The van der Waals surface area contributed by atoms with Gasteiger partial charge in [-0.15, -0.1) is 0 Å². The van der Waals surface area contributed by atoms with Crippen LogP contribution in [-0.4, -0.2) is 35.4 Å². The summed E-state index contributed by atoms with van der Waals surface area (Å²) in [5.74, 6) is 10.9. The zero-order valence-electron chi connectivity index (χ0n) is 18.4. The Morgan fingerprint density at radius 2 is 1.55 bits per heavy atom. The lowest BCUT2D eigenvalue weighted by atomic mass is 10.1. The number of hydroxylamine groups is 1. The number of benzene rings is 2. The maximum absolute atomic E-state index is 11.9. The highest BCUT2D eigenvalue weighted by molar-refractivity contribution is 5.81. The highest BCUT2D eigenvalue weighted by Gasteiger charge is 2.21. The van der Waals surface area contributed by atoms with Crippen LogP contribution in [0.4, 0.5) is 4.79 Å². The summed E-state index contributed by atoms with van der Waals surface area (Å²) in [6.45, 7) is 5.52. The predicted molar refractivity (Wildman–Crippen MR) is 128 cm³/mol. The largest absolute Gasteiger partial charge is 0.444 e. The maximum atomic E-state index is 11.9. The number of hydrogen-bond donors (Lipinski definition) is 4. The molecule has 1 atom stereocenters. The third-order valence-electron chi connectivity index (χ3n) is 4.03. The van der Waals surface area contributed by atoms with Crippen molar-refractivity contribution in [3.63, 3.8) is 0 Å². The smallest absolute Gasteiger partial charge is 0.407 e. The van der Waals surface area contributed by atoms with Gasteiger partial charge in [0.15, 0.2) is 0 Å². The van der Waals surface area contributed by atoms with Crippen LogP contribution in [0.1, 0.15) is 44.9 Å². The molecule has 0 heterocycles. The lowest BCUT2D eigenvalue weighted by Gasteiger charge is -2.22. The van der Waals surface area contributed by atoms with E-state index in [1.165, 1.54) is 0 Å². The quantitative estimate of drug-likeness (QED) is 0.308. The second-order valence-corrected chi connectivity index (χ2v) is 7.86. The molecule has 2 aromatic carbocycles. The van der Waals surface area contributed by atoms with E-state index in [-0.39, 0.29) is 14.0 Å². The molecule has 0 radical (unpaired) electrons. The van der Waals surface area contributed by atoms with Gasteiger partial charge in [0.05, 0.1) is 0 Å². The molecule has 0 aromatic heterocycles. The number of carbonyl (C=O) groups excluding carboxylic acids is 2. The van der Waals surface area contributed by atoms with Crippen molar-refractivity contribution in [2.75, 3.05) is 6.54 Å². The average Bonchev–Trinajstić information content (AvgIpc) is 2.76. The Labute approximate surface area is 195 Å². The average molecular weight is 450 g/mol. The zero-order valence-corrected chi connectivity index (χ0v) is 18.4. The Hall–Kier alpha value is -3.78. The maximum Gasteiger partial charge on any atom is 0.407 e. The van der Waals surface area contributed by atoms with Crippen LogP contribution in [0.5, 0.6) is 0 Å². The number of rotatable bonds is 6. The van der Waals surface area contributed by atoms with Crippen LogP contribution in [-0.2, 0) is 16.1 Å². The van der Waals surface area contributed by atoms with Crippen molar-refractivity contribution in [2.45, 2.75) is 46.4 Å². The van der Waals surface area contributed by atoms with E-state index < -0.39 is 23.6 Å². The molecule has 2 amide bonds. The van der Waals surface area contributed by atoms with Crippen molar-refractivity contribution in [3.8, 4) is 23.7 Å². The van der Waals surface area contributed by atoms with E-state index in [1.54, 1.807) is 26.3 Å². The van der Waals surface area contributed by atoms with Gasteiger partial charge in [0, 0.05) is 24.2 Å². The fourth-order valence-corrected chi connectivity index (χ4v) is 2.51. The number of carbonyl (C=O) groups is 2. The standard InChI is InChI=1S/C25H27N3O4.CH4/c1-25(2,3)32-24(30)27-18-22(23(29)28-31)26-17-21-15-13-20(14-16-21)12-8-7-11-19-9-5-4-6-10-19;/h4-6,9-10,13-16,22,26,31H,17-18H2,1-3H3,(H,27,30)(H,28,29);1H4/t22-;/m0./s1. The molecule has 0 spiro atoms. The van der Waals surface area contributed by atoms with Crippen molar-refractivity contribution in [3.05, 3.63) is 71.3 Å². The van der Waals surface area contributed by atoms with Crippen LogP contribution < -0.4 is 16.1 Å². The van der Waals surface area contributed by atoms with Crippen molar-refractivity contribution < 1.29 is 19.5 Å². The summed E-state index contributed by atoms with van der Waals surface area (Å²) in [5.41, 5.74) is 3.57. The normalized spacial score (nSPS) is 10.8. The third-order valence-corrected chi connectivity index (χ3v) is 4.03. The Kier molecular flexibility index (Phi) is 11.2. The van der Waals surface area contributed by atoms with Crippen LogP contribution in [0, 0.1) is 23.7 Å². The molecule has 4 N–H and O–H groups in total. The molecule has 2 rings (SSSR count). The summed E-state index contributed by atoms with van der Waals surface area (Å²) >= 11 is 0. The Morgan fingerprint density at radius 1 is 0.970 bits per heavy atom. The van der Waals surface area contributed by atoms with E-state index in [0.717, 1.165) is 16.7 Å². The van der Waals surface area contributed by atoms with Gasteiger partial charge in [0.1, 0.15) is 11.6 Å². The molecule has 7 nitrogen and oxygen atoms in total. The van der Waals surface area contributed by atoms with Gasteiger partial charge >= 0.3 is 6.09 Å². The zero-order chi connectivity index (χ0) is 23.4. The van der Waals surface area contributed by atoms with Gasteiger partial charge in [-0.2, -0.15) is 0 Å². The molecular weight excluding hydrogens is 418 g/mol. The molecule has 7 heteroatoms. The molecule has 0 fully saturated rings. The van der Waals surface area contributed by atoms with Crippen LogP contribution in [0.25, 0.3) is 0 Å². The van der Waals surface area contributed by atoms with Gasteiger partial charge < -0.3 is 15.4 Å². The summed E-state index contributed by atoms with van der Waals surface area (Å²) in [6, 6.07) is 16.2. The Balaban J connectivity index is 0.00000544. The van der Waals surface area contributed by atoms with E-state index in [9.17, 15) is 9.59 Å². The van der Waals surface area contributed by atoms with Crippen LogP contribution in [0.15, 0.2) is 54.6 Å². The molecule has 33 heavy (non-hydrogen) atoms. The first-order valence-corrected chi connectivity index (χ1v) is 10.1. The lowest BCUT2D eigenvalue weighted by molar-refractivity contribution is -0.131. The number of ether oxygens (including phenoxy) is 1. The fraction of sp³-hybridized carbons (Fsp3) is 0.308. The van der Waals surface area contributed by atoms with E-state index in [2.05, 4.69) is 34.3 Å². The number of alkyl carbamates (subject to hydrolysis) is 1. The molecule has 174 valence electrons. The number of amides is 2. The summed E-state index contributed by atoms with van der Waals surface area (Å²) < 4.78 is 5.15. The van der Waals surface area contributed by atoms with Gasteiger partial charge in [-0.1, -0.05) is 49.6 Å². The number of hydrogen-bond acceptors (Lipinski definition) is 5. The number of nitrogens with one attached hydrogen (secondary N) is 3. The third kappa shape index (κ3) is 10.9. The summed E-state index contributed by atoms with van der Waals surface area (Å²) in [7, 11) is 0. The molecular formula is C26H31N3O4. The van der Waals surface area contributed by atoms with Gasteiger partial charge in [-0.05, 0) is 62.4 Å². The highest BCUT2D eigenvalue weighted by Crippen LogP contribution is 2.07. The monoisotopic (exact) mass is 449 g/mol. The van der Waals surface area contributed by atoms with Crippen LogP contribution in [0.3, 0.4) is 0 Å². The summed E-state index contributed by atoms with van der Waals surface area (Å²) in [4.78, 5) is 23.7. The second-order valence-electron chi connectivity index (χ2n) is 7.86. The first-order valence-electron chi connectivity index (χ1n) is 10.1. The molecule has 0 aliphatic rings. The first kappa shape index (κ1) is 27.3. The van der Waals surface area contributed by atoms with E-state index >= 15 is 0 Å². The molecule has 0 unspecified atom stereocenters. The Bertz CT molecular complexity index is 1020. The van der Waals surface area contributed by atoms with Gasteiger partial charge in [0.25, 0.3) is 5.91 Å². The van der Waals surface area contributed by atoms with E-state index in [4.69, 9.17) is 9.94 Å². The molecule has 0 bridgehead atoms. The summed E-state index contributed by atoms with van der Waals surface area (Å²) in [5, 5.41) is 14.5. The molecule has 0 aliphatic carbocycles. The minimum atomic E-state index is -0.847. The Morgan fingerprint density at radius 3 is 2.09 bits per heavy atom. The highest BCUT2D eigenvalue weighted by atomic mass is 16.6. The first-order chi connectivity index (χ1) is 15.3.